The van der Waals surface area contributed by atoms with Gasteiger partial charge in [-0.15, -0.1) is 0 Å². The molecule has 2 aliphatic rings. The summed E-state index contributed by atoms with van der Waals surface area (Å²) in [5.41, 5.74) is -0.346. The van der Waals surface area contributed by atoms with Crippen molar-refractivity contribution in [3.8, 4) is 0 Å². The average Bonchev–Trinajstić information content (AvgIpc) is 2.69. The second-order valence-electron chi connectivity index (χ2n) is 8.60. The van der Waals surface area contributed by atoms with Gasteiger partial charge in [-0.1, -0.05) is 27.7 Å². The lowest BCUT2D eigenvalue weighted by Crippen LogP contribution is -2.47. The van der Waals surface area contributed by atoms with Crippen LogP contribution in [-0.2, 0) is 9.53 Å². The summed E-state index contributed by atoms with van der Waals surface area (Å²) in [5, 5.41) is 0. The number of rotatable bonds is 3. The van der Waals surface area contributed by atoms with Crippen LogP contribution in [0.25, 0.3) is 0 Å². The number of ketones is 1. The Morgan fingerprint density at radius 3 is 2.33 bits per heavy atom. The number of likely N-dealkylation sites (tertiary alicyclic amines) is 1. The Morgan fingerprint density at radius 2 is 1.86 bits per heavy atom. The molecule has 4 heteroatoms. The fourth-order valence-electron chi connectivity index (χ4n) is 3.69. The zero-order valence-electron chi connectivity index (χ0n) is 14.4. The predicted octanol–water partition coefficient (Wildman–Crippen LogP) is 3.49. The van der Waals surface area contributed by atoms with Gasteiger partial charge in [0.15, 0.2) is 5.78 Å². The van der Waals surface area contributed by atoms with E-state index in [0.717, 1.165) is 0 Å². The second kappa shape index (κ2) is 4.99. The Morgan fingerprint density at radius 1 is 1.29 bits per heavy atom. The third-order valence-corrected chi connectivity index (χ3v) is 4.78. The summed E-state index contributed by atoms with van der Waals surface area (Å²) in [6.07, 6.45) is 0.191. The van der Waals surface area contributed by atoms with Gasteiger partial charge in [-0.25, -0.2) is 4.79 Å². The maximum atomic E-state index is 12.6. The van der Waals surface area contributed by atoms with Gasteiger partial charge in [-0.2, -0.15) is 0 Å². The molecule has 0 aromatic rings. The smallest absolute Gasteiger partial charge is 0.410 e. The van der Waals surface area contributed by atoms with Crippen molar-refractivity contribution in [1.29, 1.82) is 0 Å². The van der Waals surface area contributed by atoms with Crippen molar-refractivity contribution < 1.29 is 14.3 Å². The quantitative estimate of drug-likeness (QED) is 0.800. The summed E-state index contributed by atoms with van der Waals surface area (Å²) < 4.78 is 5.48. The van der Waals surface area contributed by atoms with Crippen molar-refractivity contribution >= 4 is 11.9 Å². The lowest BCUT2D eigenvalue weighted by Gasteiger charge is -2.32. The number of fused-ring (bicyclic) bond motifs is 1. The first-order valence-electron chi connectivity index (χ1n) is 7.97. The zero-order valence-corrected chi connectivity index (χ0v) is 14.4. The minimum Gasteiger partial charge on any atom is -0.444 e. The molecule has 1 heterocycles. The molecule has 1 saturated carbocycles. The van der Waals surface area contributed by atoms with E-state index in [2.05, 4.69) is 13.8 Å². The first-order valence-corrected chi connectivity index (χ1v) is 7.97. The van der Waals surface area contributed by atoms with Crippen molar-refractivity contribution in [1.82, 2.24) is 4.90 Å². The molecule has 1 aliphatic heterocycles. The van der Waals surface area contributed by atoms with Gasteiger partial charge in [0.25, 0.3) is 0 Å². The number of carbonyl (C=O) groups excluding carboxylic acids is 2. The van der Waals surface area contributed by atoms with Crippen LogP contribution >= 0.6 is 0 Å². The van der Waals surface area contributed by atoms with Gasteiger partial charge in [0.2, 0.25) is 0 Å². The van der Waals surface area contributed by atoms with Crippen molar-refractivity contribution in [3.63, 3.8) is 0 Å². The van der Waals surface area contributed by atoms with E-state index in [4.69, 9.17) is 4.74 Å². The van der Waals surface area contributed by atoms with Crippen LogP contribution in [0.1, 0.15) is 54.9 Å². The molecule has 1 aliphatic carbocycles. The third-order valence-electron chi connectivity index (χ3n) is 4.78. The highest BCUT2D eigenvalue weighted by molar-refractivity contribution is 5.89. The minimum atomic E-state index is -0.523. The Kier molecular flexibility index (Phi) is 3.88. The Bertz CT molecular complexity index is 447. The summed E-state index contributed by atoms with van der Waals surface area (Å²) in [6.45, 7) is 14.7. The van der Waals surface area contributed by atoms with Crippen molar-refractivity contribution in [3.05, 3.63) is 0 Å². The fraction of sp³-hybridized carbons (Fsp3) is 0.882. The maximum absolute atomic E-state index is 12.6. The highest BCUT2D eigenvalue weighted by atomic mass is 16.6. The van der Waals surface area contributed by atoms with Crippen LogP contribution in [0, 0.1) is 23.2 Å². The molecule has 2 fully saturated rings. The predicted molar refractivity (Wildman–Crippen MR) is 82.0 cm³/mol. The van der Waals surface area contributed by atoms with Crippen LogP contribution < -0.4 is 0 Å². The number of ether oxygens (including phenoxy) is 1. The van der Waals surface area contributed by atoms with Gasteiger partial charge in [-0.3, -0.25) is 9.69 Å². The highest BCUT2D eigenvalue weighted by Crippen LogP contribution is 2.65. The number of nitrogens with zero attached hydrogens (tertiary/aromatic N) is 1. The standard InChI is InChI=1S/C17H29NO3/c1-10(2)8-12(19)14-13-11(17(13,6)7)9-18(14)15(20)21-16(3,4)5/h10-11,13-14H,8-9H2,1-7H3. The molecule has 4 nitrogen and oxygen atoms in total. The van der Waals surface area contributed by atoms with Gasteiger partial charge in [0, 0.05) is 13.0 Å². The molecule has 0 bridgehead atoms. The molecule has 21 heavy (non-hydrogen) atoms. The van der Waals surface area contributed by atoms with Gasteiger partial charge in [0.1, 0.15) is 5.60 Å². The van der Waals surface area contributed by atoms with E-state index in [9.17, 15) is 9.59 Å². The van der Waals surface area contributed by atoms with Crippen LogP contribution in [-0.4, -0.2) is 35.0 Å². The van der Waals surface area contributed by atoms with Gasteiger partial charge in [0.05, 0.1) is 6.04 Å². The summed E-state index contributed by atoms with van der Waals surface area (Å²) >= 11 is 0. The van der Waals surface area contributed by atoms with E-state index >= 15 is 0 Å². The normalized spacial score (nSPS) is 30.3. The van der Waals surface area contributed by atoms with E-state index < -0.39 is 5.60 Å². The number of carbonyl (C=O) groups is 2. The van der Waals surface area contributed by atoms with Crippen molar-refractivity contribution in [2.24, 2.45) is 23.2 Å². The Balaban J connectivity index is 2.15. The SMILES string of the molecule is CC(C)CC(=O)C1C2C(CN1C(=O)OC(C)(C)C)C2(C)C. The van der Waals surface area contributed by atoms with E-state index in [-0.39, 0.29) is 23.3 Å². The number of hydrogen-bond acceptors (Lipinski definition) is 3. The molecule has 0 aromatic carbocycles. The number of hydrogen-bond donors (Lipinski definition) is 0. The Hall–Kier alpha value is -1.06. The molecular formula is C17H29NO3. The fourth-order valence-corrected chi connectivity index (χ4v) is 3.69. The molecule has 1 amide bonds. The highest BCUT2D eigenvalue weighted by Gasteiger charge is 2.69. The second-order valence-corrected chi connectivity index (χ2v) is 8.60. The van der Waals surface area contributed by atoms with Gasteiger partial charge in [-0.05, 0) is 43.9 Å². The number of amides is 1. The molecule has 3 atom stereocenters. The van der Waals surface area contributed by atoms with E-state index in [1.54, 1.807) is 4.90 Å². The van der Waals surface area contributed by atoms with Gasteiger partial charge >= 0.3 is 6.09 Å². The van der Waals surface area contributed by atoms with Crippen LogP contribution in [0.5, 0.6) is 0 Å². The van der Waals surface area contributed by atoms with E-state index in [1.165, 1.54) is 0 Å². The zero-order chi connectivity index (χ0) is 16.2. The molecule has 1 saturated heterocycles. The lowest BCUT2D eigenvalue weighted by atomic mass is 9.94. The molecule has 0 radical (unpaired) electrons. The number of piperidine rings is 1. The van der Waals surface area contributed by atoms with Crippen LogP contribution in [0.3, 0.4) is 0 Å². The Labute approximate surface area is 128 Å². The van der Waals surface area contributed by atoms with Crippen LogP contribution in [0.4, 0.5) is 4.79 Å². The lowest BCUT2D eigenvalue weighted by molar-refractivity contribution is -0.125. The maximum Gasteiger partial charge on any atom is 0.410 e. The minimum absolute atomic E-state index is 0.176. The van der Waals surface area contributed by atoms with Crippen LogP contribution in [0.15, 0.2) is 0 Å². The molecule has 0 N–H and O–H groups in total. The molecule has 120 valence electrons. The van der Waals surface area contributed by atoms with E-state index in [1.807, 2.05) is 34.6 Å². The summed E-state index contributed by atoms with van der Waals surface area (Å²) in [5.74, 6) is 1.25. The topological polar surface area (TPSA) is 46.6 Å². The third kappa shape index (κ3) is 3.09. The van der Waals surface area contributed by atoms with Crippen molar-refractivity contribution in [2.75, 3.05) is 6.54 Å². The molecule has 0 aromatic heterocycles. The monoisotopic (exact) mass is 295 g/mol. The first-order chi connectivity index (χ1) is 9.45. The molecular weight excluding hydrogens is 266 g/mol. The van der Waals surface area contributed by atoms with E-state index in [0.29, 0.717) is 30.7 Å². The van der Waals surface area contributed by atoms with Crippen molar-refractivity contribution in [2.45, 2.75) is 66.5 Å². The first kappa shape index (κ1) is 16.3. The summed E-state index contributed by atoms with van der Waals surface area (Å²) in [7, 11) is 0. The molecule has 3 unspecified atom stereocenters. The van der Waals surface area contributed by atoms with Gasteiger partial charge < -0.3 is 4.74 Å². The number of Topliss-reactive ketones (excluding diaryl/α,β-unsaturated/α-hetero) is 1. The summed E-state index contributed by atoms with van der Waals surface area (Å²) in [6, 6.07) is -0.290. The molecule has 0 spiro atoms. The molecule has 2 rings (SSSR count). The average molecular weight is 295 g/mol. The largest absolute Gasteiger partial charge is 0.444 e. The summed E-state index contributed by atoms with van der Waals surface area (Å²) in [4.78, 5) is 26.7. The van der Waals surface area contributed by atoms with Crippen LogP contribution in [0.2, 0.25) is 0 Å².